The Bertz CT molecular complexity index is 895. The van der Waals surface area contributed by atoms with Gasteiger partial charge < -0.3 is 14.2 Å². The summed E-state index contributed by atoms with van der Waals surface area (Å²) < 4.78 is 16.2. The fourth-order valence-corrected chi connectivity index (χ4v) is 3.22. The maximum absolute atomic E-state index is 13.2. The number of carbonyl (C=O) groups excluding carboxylic acids is 2. The van der Waals surface area contributed by atoms with Gasteiger partial charge in [0.2, 0.25) is 5.78 Å². The quantitative estimate of drug-likeness (QED) is 0.669. The average molecular weight is 338 g/mol. The maximum atomic E-state index is 13.2. The Morgan fingerprint density at radius 3 is 2.24 bits per heavy atom. The van der Waals surface area contributed by atoms with Crippen molar-refractivity contribution in [3.63, 3.8) is 0 Å². The van der Waals surface area contributed by atoms with Crippen molar-refractivity contribution in [3.8, 4) is 17.2 Å². The molecule has 0 radical (unpaired) electrons. The van der Waals surface area contributed by atoms with Crippen molar-refractivity contribution in [1.29, 1.82) is 0 Å². The summed E-state index contributed by atoms with van der Waals surface area (Å²) in [7, 11) is 4.41. The summed E-state index contributed by atoms with van der Waals surface area (Å²) in [4.78, 5) is 26.3. The Balaban J connectivity index is 2.40. The topological polar surface area (TPSA) is 61.8 Å². The molecule has 0 spiro atoms. The Kier molecular flexibility index (Phi) is 4.31. The van der Waals surface area contributed by atoms with Gasteiger partial charge in [-0.3, -0.25) is 9.59 Å². The van der Waals surface area contributed by atoms with Gasteiger partial charge in [-0.05, 0) is 18.6 Å². The van der Waals surface area contributed by atoms with Gasteiger partial charge in [0.1, 0.15) is 17.2 Å². The van der Waals surface area contributed by atoms with Crippen LogP contribution in [0, 0.1) is 0 Å². The lowest BCUT2D eigenvalue weighted by atomic mass is 9.81. The first kappa shape index (κ1) is 16.8. The van der Waals surface area contributed by atoms with Gasteiger partial charge in [0, 0.05) is 11.1 Å². The van der Waals surface area contributed by atoms with Crippen LogP contribution in [0.15, 0.2) is 36.9 Å². The number of ether oxygens (including phenoxy) is 3. The molecule has 0 saturated heterocycles. The summed E-state index contributed by atoms with van der Waals surface area (Å²) in [6.45, 7) is 3.73. The number of allylic oxidation sites excluding steroid dienone is 1. The zero-order valence-electron chi connectivity index (χ0n) is 14.3. The monoisotopic (exact) mass is 338 g/mol. The molecule has 0 bridgehead atoms. The normalized spacial score (nSPS) is 12.3. The largest absolute Gasteiger partial charge is 0.496 e. The molecule has 5 heteroatoms. The molecular weight excluding hydrogens is 320 g/mol. The number of methoxy groups -OCH3 is 3. The van der Waals surface area contributed by atoms with Crippen LogP contribution in [0.25, 0.3) is 0 Å². The molecule has 0 heterocycles. The van der Waals surface area contributed by atoms with Gasteiger partial charge in [-0.1, -0.05) is 18.2 Å². The molecule has 1 aliphatic rings. The predicted octanol–water partition coefficient (Wildman–Crippen LogP) is 3.22. The van der Waals surface area contributed by atoms with Crippen LogP contribution in [0.1, 0.15) is 37.4 Å². The molecule has 0 atom stereocenters. The van der Waals surface area contributed by atoms with Gasteiger partial charge in [0.05, 0.1) is 38.0 Å². The van der Waals surface area contributed by atoms with Gasteiger partial charge in [-0.25, -0.2) is 0 Å². The van der Waals surface area contributed by atoms with E-state index < -0.39 is 0 Å². The molecule has 25 heavy (non-hydrogen) atoms. The maximum Gasteiger partial charge on any atom is 0.202 e. The first-order chi connectivity index (χ1) is 12.1. The molecule has 2 aromatic carbocycles. The third-order valence-corrected chi connectivity index (χ3v) is 4.28. The summed E-state index contributed by atoms with van der Waals surface area (Å²) in [5.74, 6) is 0.466. The third-order valence-electron chi connectivity index (χ3n) is 4.28. The molecule has 0 fully saturated rings. The Morgan fingerprint density at radius 2 is 1.64 bits per heavy atom. The SMILES string of the molecule is C=CCc1cc(OC)c2c(c1OC)C(=O)c1c(OC)cccc1C2=O. The molecule has 0 N–H and O–H groups in total. The molecule has 2 aromatic rings. The Labute approximate surface area is 145 Å². The van der Waals surface area contributed by atoms with E-state index >= 15 is 0 Å². The van der Waals surface area contributed by atoms with Crippen molar-refractivity contribution in [2.45, 2.75) is 6.42 Å². The summed E-state index contributed by atoms with van der Waals surface area (Å²) >= 11 is 0. The van der Waals surface area contributed by atoms with Crippen LogP contribution in [0.4, 0.5) is 0 Å². The van der Waals surface area contributed by atoms with Gasteiger partial charge in [-0.2, -0.15) is 0 Å². The highest BCUT2D eigenvalue weighted by Gasteiger charge is 2.38. The van der Waals surface area contributed by atoms with E-state index in [4.69, 9.17) is 14.2 Å². The zero-order valence-corrected chi connectivity index (χ0v) is 14.3. The lowest BCUT2D eigenvalue weighted by Gasteiger charge is -2.24. The highest BCUT2D eigenvalue weighted by molar-refractivity contribution is 6.31. The van der Waals surface area contributed by atoms with E-state index in [-0.39, 0.29) is 28.3 Å². The summed E-state index contributed by atoms with van der Waals surface area (Å²) in [5, 5.41) is 0. The summed E-state index contributed by atoms with van der Waals surface area (Å²) in [6.07, 6.45) is 2.18. The van der Waals surface area contributed by atoms with Crippen molar-refractivity contribution in [3.05, 3.63) is 64.7 Å². The number of hydrogen-bond acceptors (Lipinski definition) is 5. The van der Waals surface area contributed by atoms with Gasteiger partial charge in [0.25, 0.3) is 0 Å². The van der Waals surface area contributed by atoms with Crippen LogP contribution >= 0.6 is 0 Å². The lowest BCUT2D eigenvalue weighted by molar-refractivity contribution is 0.0971. The fraction of sp³-hybridized carbons (Fsp3) is 0.200. The summed E-state index contributed by atoms with van der Waals surface area (Å²) in [5.41, 5.74) is 1.71. The standard InChI is InChI=1S/C20H18O5/c1-5-7-11-10-14(24-3)16-17(20(11)25-4)19(22)15-12(18(16)21)8-6-9-13(15)23-2/h5-6,8-10H,1,7H2,2-4H3. The molecule has 3 rings (SSSR count). The molecule has 128 valence electrons. The van der Waals surface area contributed by atoms with E-state index in [9.17, 15) is 9.59 Å². The average Bonchev–Trinajstić information content (AvgIpc) is 2.64. The molecule has 0 saturated carbocycles. The van der Waals surface area contributed by atoms with Crippen LogP contribution in [-0.2, 0) is 6.42 Å². The zero-order chi connectivity index (χ0) is 18.1. The highest BCUT2D eigenvalue weighted by atomic mass is 16.5. The van der Waals surface area contributed by atoms with Crippen molar-refractivity contribution in [2.24, 2.45) is 0 Å². The molecular formula is C20H18O5. The molecule has 0 aromatic heterocycles. The number of benzene rings is 2. The molecule has 0 amide bonds. The summed E-state index contributed by atoms with van der Waals surface area (Å²) in [6, 6.07) is 6.68. The van der Waals surface area contributed by atoms with E-state index in [0.29, 0.717) is 29.2 Å². The number of ketones is 2. The van der Waals surface area contributed by atoms with E-state index in [1.165, 1.54) is 21.3 Å². The number of fused-ring (bicyclic) bond motifs is 2. The number of hydrogen-bond donors (Lipinski definition) is 0. The third kappa shape index (κ3) is 2.39. The van der Waals surface area contributed by atoms with Crippen molar-refractivity contribution < 1.29 is 23.8 Å². The predicted molar refractivity (Wildman–Crippen MR) is 93.3 cm³/mol. The van der Waals surface area contributed by atoms with Crippen LogP contribution in [0.3, 0.4) is 0 Å². The minimum atomic E-state index is -0.317. The first-order valence-corrected chi connectivity index (χ1v) is 7.74. The Morgan fingerprint density at radius 1 is 0.920 bits per heavy atom. The van der Waals surface area contributed by atoms with Gasteiger partial charge in [0.15, 0.2) is 5.78 Å². The van der Waals surface area contributed by atoms with Crippen LogP contribution in [-0.4, -0.2) is 32.9 Å². The van der Waals surface area contributed by atoms with E-state index in [0.717, 1.165) is 5.56 Å². The molecule has 0 unspecified atom stereocenters. The number of carbonyl (C=O) groups is 2. The van der Waals surface area contributed by atoms with Crippen molar-refractivity contribution >= 4 is 11.6 Å². The van der Waals surface area contributed by atoms with Crippen molar-refractivity contribution in [2.75, 3.05) is 21.3 Å². The van der Waals surface area contributed by atoms with E-state index in [1.807, 2.05) is 0 Å². The van der Waals surface area contributed by atoms with Crippen LogP contribution in [0.2, 0.25) is 0 Å². The van der Waals surface area contributed by atoms with Crippen LogP contribution < -0.4 is 14.2 Å². The van der Waals surface area contributed by atoms with E-state index in [1.54, 1.807) is 30.3 Å². The minimum absolute atomic E-state index is 0.209. The smallest absolute Gasteiger partial charge is 0.202 e. The fourth-order valence-electron chi connectivity index (χ4n) is 3.22. The van der Waals surface area contributed by atoms with E-state index in [2.05, 4.69) is 6.58 Å². The second-order valence-corrected chi connectivity index (χ2v) is 5.56. The second kappa shape index (κ2) is 6.43. The molecule has 0 aliphatic heterocycles. The van der Waals surface area contributed by atoms with Gasteiger partial charge in [-0.15, -0.1) is 6.58 Å². The van der Waals surface area contributed by atoms with Gasteiger partial charge >= 0.3 is 0 Å². The molecule has 5 nitrogen and oxygen atoms in total. The highest BCUT2D eigenvalue weighted by Crippen LogP contribution is 2.43. The molecule has 1 aliphatic carbocycles. The number of rotatable bonds is 5. The first-order valence-electron chi connectivity index (χ1n) is 7.74. The lowest BCUT2D eigenvalue weighted by Crippen LogP contribution is -2.24. The second-order valence-electron chi connectivity index (χ2n) is 5.56. The minimum Gasteiger partial charge on any atom is -0.496 e. The van der Waals surface area contributed by atoms with Crippen LogP contribution in [0.5, 0.6) is 17.2 Å². The van der Waals surface area contributed by atoms with Crippen molar-refractivity contribution in [1.82, 2.24) is 0 Å². The Hall–Kier alpha value is -3.08.